The van der Waals surface area contributed by atoms with Crippen molar-refractivity contribution in [1.82, 2.24) is 19.7 Å². The molecule has 0 atom stereocenters. The number of likely N-dealkylation sites (tertiary alicyclic amines) is 1. The average molecular weight is 374 g/mol. The fourth-order valence-corrected chi connectivity index (χ4v) is 3.93. The molecule has 1 aliphatic heterocycles. The predicted octanol–water partition coefficient (Wildman–Crippen LogP) is 3.73. The number of hydrogen-bond donors (Lipinski definition) is 0. The number of carbonyl (C=O) groups excluding carboxylic acids is 1. The number of pyridine rings is 1. The standard InChI is InChI=1S/C23H26N4O/c1-18-22(16-25-27(18)17-20-6-3-2-4-7-20)23(28)26-12-9-19(10-13-26)14-21-8-5-11-24-15-21/h2-8,11,15-16,19H,9-10,12-14,17H2,1H3. The third-order valence-electron chi connectivity index (χ3n) is 5.66. The van der Waals surface area contributed by atoms with Crippen LogP contribution in [0.3, 0.4) is 0 Å². The molecule has 5 nitrogen and oxygen atoms in total. The van der Waals surface area contributed by atoms with Crippen molar-refractivity contribution < 1.29 is 4.79 Å². The molecule has 2 aromatic heterocycles. The van der Waals surface area contributed by atoms with Crippen LogP contribution in [0.2, 0.25) is 0 Å². The van der Waals surface area contributed by atoms with E-state index in [1.807, 2.05) is 53.2 Å². The zero-order valence-electron chi connectivity index (χ0n) is 16.3. The van der Waals surface area contributed by atoms with Crippen molar-refractivity contribution in [3.8, 4) is 0 Å². The maximum absolute atomic E-state index is 13.0. The van der Waals surface area contributed by atoms with Gasteiger partial charge in [0.25, 0.3) is 5.91 Å². The largest absolute Gasteiger partial charge is 0.339 e. The second-order valence-corrected chi connectivity index (χ2v) is 7.59. The fourth-order valence-electron chi connectivity index (χ4n) is 3.93. The highest BCUT2D eigenvalue weighted by Gasteiger charge is 2.26. The van der Waals surface area contributed by atoms with Crippen LogP contribution in [0.1, 0.15) is 40.0 Å². The first kappa shape index (κ1) is 18.4. The van der Waals surface area contributed by atoms with E-state index in [0.717, 1.165) is 43.6 Å². The lowest BCUT2D eigenvalue weighted by Crippen LogP contribution is -2.39. The van der Waals surface area contributed by atoms with E-state index in [-0.39, 0.29) is 5.91 Å². The van der Waals surface area contributed by atoms with Gasteiger partial charge in [-0.2, -0.15) is 5.10 Å². The van der Waals surface area contributed by atoms with Crippen molar-refractivity contribution in [2.45, 2.75) is 32.7 Å². The third kappa shape index (κ3) is 4.14. The molecule has 5 heteroatoms. The highest BCUT2D eigenvalue weighted by molar-refractivity contribution is 5.95. The van der Waals surface area contributed by atoms with Gasteiger partial charge in [-0.15, -0.1) is 0 Å². The van der Waals surface area contributed by atoms with Crippen LogP contribution in [0, 0.1) is 12.8 Å². The summed E-state index contributed by atoms with van der Waals surface area (Å²) in [6.45, 7) is 4.30. The molecule has 0 N–H and O–H groups in total. The van der Waals surface area contributed by atoms with Crippen LogP contribution in [0.15, 0.2) is 61.1 Å². The summed E-state index contributed by atoms with van der Waals surface area (Å²) in [6, 6.07) is 14.3. The van der Waals surface area contributed by atoms with Crippen LogP contribution >= 0.6 is 0 Å². The van der Waals surface area contributed by atoms with E-state index in [1.54, 1.807) is 6.20 Å². The summed E-state index contributed by atoms with van der Waals surface area (Å²) in [5.41, 5.74) is 4.13. The quantitative estimate of drug-likeness (QED) is 0.684. The van der Waals surface area contributed by atoms with E-state index in [4.69, 9.17) is 0 Å². The van der Waals surface area contributed by atoms with Crippen molar-refractivity contribution in [3.05, 3.63) is 83.4 Å². The molecule has 1 amide bonds. The molecule has 0 bridgehead atoms. The minimum atomic E-state index is 0.108. The van der Waals surface area contributed by atoms with Crippen LogP contribution in [0.5, 0.6) is 0 Å². The number of benzene rings is 1. The zero-order chi connectivity index (χ0) is 19.3. The minimum absolute atomic E-state index is 0.108. The van der Waals surface area contributed by atoms with E-state index in [0.29, 0.717) is 12.5 Å². The Balaban J connectivity index is 1.36. The Labute approximate surface area is 166 Å². The summed E-state index contributed by atoms with van der Waals surface area (Å²) in [7, 11) is 0. The highest BCUT2D eigenvalue weighted by Crippen LogP contribution is 2.23. The molecule has 0 aliphatic carbocycles. The van der Waals surface area contributed by atoms with Crippen molar-refractivity contribution in [1.29, 1.82) is 0 Å². The minimum Gasteiger partial charge on any atom is -0.339 e. The van der Waals surface area contributed by atoms with Gasteiger partial charge in [0, 0.05) is 31.2 Å². The number of carbonyl (C=O) groups is 1. The summed E-state index contributed by atoms with van der Waals surface area (Å²) in [5, 5.41) is 4.46. The molecule has 1 saturated heterocycles. The maximum atomic E-state index is 13.0. The molecule has 0 unspecified atom stereocenters. The van der Waals surface area contributed by atoms with Gasteiger partial charge in [0.05, 0.1) is 18.3 Å². The van der Waals surface area contributed by atoms with Gasteiger partial charge in [-0.1, -0.05) is 36.4 Å². The Morgan fingerprint density at radius 3 is 2.50 bits per heavy atom. The molecule has 0 saturated carbocycles. The summed E-state index contributed by atoms with van der Waals surface area (Å²) in [4.78, 5) is 19.2. The van der Waals surface area contributed by atoms with Crippen LogP contribution < -0.4 is 0 Å². The van der Waals surface area contributed by atoms with Crippen LogP contribution in [-0.2, 0) is 13.0 Å². The molecular weight excluding hydrogens is 348 g/mol. The van der Waals surface area contributed by atoms with Crippen molar-refractivity contribution in [2.24, 2.45) is 5.92 Å². The Morgan fingerprint density at radius 2 is 1.79 bits per heavy atom. The van der Waals surface area contributed by atoms with Crippen LogP contribution in [-0.4, -0.2) is 38.7 Å². The zero-order valence-corrected chi connectivity index (χ0v) is 16.3. The van der Waals surface area contributed by atoms with Crippen molar-refractivity contribution >= 4 is 5.91 Å². The van der Waals surface area contributed by atoms with Gasteiger partial charge in [0.1, 0.15) is 0 Å². The Bertz CT molecular complexity index is 912. The average Bonchev–Trinajstić information content (AvgIpc) is 3.10. The van der Waals surface area contributed by atoms with Gasteiger partial charge in [0.2, 0.25) is 0 Å². The van der Waals surface area contributed by atoms with E-state index >= 15 is 0 Å². The summed E-state index contributed by atoms with van der Waals surface area (Å²) >= 11 is 0. The van der Waals surface area contributed by atoms with Crippen LogP contribution in [0.25, 0.3) is 0 Å². The smallest absolute Gasteiger partial charge is 0.257 e. The lowest BCUT2D eigenvalue weighted by atomic mass is 9.90. The summed E-state index contributed by atoms with van der Waals surface area (Å²) in [5.74, 6) is 0.729. The highest BCUT2D eigenvalue weighted by atomic mass is 16.2. The molecule has 1 aliphatic rings. The Kier molecular flexibility index (Phi) is 5.51. The van der Waals surface area contributed by atoms with E-state index in [9.17, 15) is 4.79 Å². The van der Waals surface area contributed by atoms with Gasteiger partial charge in [0.15, 0.2) is 0 Å². The molecule has 0 radical (unpaired) electrons. The number of aromatic nitrogens is 3. The molecule has 144 valence electrons. The molecule has 3 aromatic rings. The van der Waals surface area contributed by atoms with Crippen LogP contribution in [0.4, 0.5) is 0 Å². The second kappa shape index (κ2) is 8.38. The lowest BCUT2D eigenvalue weighted by Gasteiger charge is -2.32. The predicted molar refractivity (Wildman–Crippen MR) is 109 cm³/mol. The first-order valence-corrected chi connectivity index (χ1v) is 9.95. The number of amides is 1. The van der Waals surface area contributed by atoms with Gasteiger partial charge < -0.3 is 4.90 Å². The van der Waals surface area contributed by atoms with Gasteiger partial charge in [-0.25, -0.2) is 0 Å². The van der Waals surface area contributed by atoms with Crippen molar-refractivity contribution in [2.75, 3.05) is 13.1 Å². The number of nitrogens with zero attached hydrogens (tertiary/aromatic N) is 4. The molecule has 1 aromatic carbocycles. The first-order valence-electron chi connectivity index (χ1n) is 9.95. The molecule has 1 fully saturated rings. The fraction of sp³-hybridized carbons (Fsp3) is 0.348. The molecule has 3 heterocycles. The van der Waals surface area contributed by atoms with Gasteiger partial charge >= 0.3 is 0 Å². The summed E-state index contributed by atoms with van der Waals surface area (Å²) < 4.78 is 1.91. The van der Waals surface area contributed by atoms with Gasteiger partial charge in [-0.05, 0) is 49.3 Å². The SMILES string of the molecule is Cc1c(C(=O)N2CCC(Cc3cccnc3)CC2)cnn1Cc1ccccc1. The molecular formula is C23H26N4O. The van der Waals surface area contributed by atoms with Gasteiger partial charge in [-0.3, -0.25) is 14.5 Å². The normalized spacial score (nSPS) is 15.0. The lowest BCUT2D eigenvalue weighted by molar-refractivity contribution is 0.0689. The third-order valence-corrected chi connectivity index (χ3v) is 5.66. The van der Waals surface area contributed by atoms with E-state index in [2.05, 4.69) is 28.3 Å². The number of piperidine rings is 1. The molecule has 28 heavy (non-hydrogen) atoms. The monoisotopic (exact) mass is 374 g/mol. The van der Waals surface area contributed by atoms with Crippen molar-refractivity contribution in [3.63, 3.8) is 0 Å². The Morgan fingerprint density at radius 1 is 1.04 bits per heavy atom. The Hall–Kier alpha value is -2.95. The number of hydrogen-bond acceptors (Lipinski definition) is 3. The summed E-state index contributed by atoms with van der Waals surface area (Å²) in [6.07, 6.45) is 8.61. The topological polar surface area (TPSA) is 51.0 Å². The van der Waals surface area contributed by atoms with E-state index in [1.165, 1.54) is 11.1 Å². The second-order valence-electron chi connectivity index (χ2n) is 7.59. The van der Waals surface area contributed by atoms with E-state index < -0.39 is 0 Å². The molecule has 0 spiro atoms. The number of rotatable bonds is 5. The first-order chi connectivity index (χ1) is 13.7. The maximum Gasteiger partial charge on any atom is 0.257 e. The molecule has 4 rings (SSSR count).